The average Bonchev–Trinajstić information content (AvgIpc) is 3.08. The molecule has 88 valence electrons. The van der Waals surface area contributed by atoms with E-state index in [-0.39, 0.29) is 0 Å². The number of hydrogen-bond acceptors (Lipinski definition) is 2. The molecule has 0 bridgehead atoms. The fourth-order valence-electron chi connectivity index (χ4n) is 1.93. The molecule has 0 atom stereocenters. The Hall–Kier alpha value is -1.29. The van der Waals surface area contributed by atoms with Gasteiger partial charge in [0.05, 0.1) is 12.7 Å². The van der Waals surface area contributed by atoms with Crippen molar-refractivity contribution in [2.24, 2.45) is 0 Å². The van der Waals surface area contributed by atoms with Crippen molar-refractivity contribution < 1.29 is 4.74 Å². The summed E-state index contributed by atoms with van der Waals surface area (Å²) in [7, 11) is 1.68. The summed E-state index contributed by atoms with van der Waals surface area (Å²) < 4.78 is 6.38. The first-order chi connectivity index (χ1) is 8.28. The Kier molecular flexibility index (Phi) is 2.67. The average molecular weight is 293 g/mol. The highest BCUT2D eigenvalue weighted by atomic mass is 79.9. The zero-order chi connectivity index (χ0) is 11.8. The van der Waals surface area contributed by atoms with Gasteiger partial charge >= 0.3 is 0 Å². The highest BCUT2D eigenvalue weighted by Gasteiger charge is 2.25. The summed E-state index contributed by atoms with van der Waals surface area (Å²) in [5, 5.41) is 0. The van der Waals surface area contributed by atoms with Crippen molar-refractivity contribution in [1.29, 1.82) is 0 Å². The molecule has 1 aliphatic carbocycles. The lowest BCUT2D eigenvalue weighted by Crippen LogP contribution is -1.89. The third-order valence-electron chi connectivity index (χ3n) is 3.03. The molecule has 4 heteroatoms. The molecule has 0 saturated heterocycles. The fraction of sp³-hybridized carbons (Fsp3) is 0.308. The topological polar surface area (TPSA) is 37.9 Å². The highest BCUT2D eigenvalue weighted by molar-refractivity contribution is 9.10. The predicted molar refractivity (Wildman–Crippen MR) is 70.3 cm³/mol. The lowest BCUT2D eigenvalue weighted by Gasteiger charge is -2.06. The Morgan fingerprint density at radius 3 is 2.94 bits per heavy atom. The molecule has 2 aromatic rings. The van der Waals surface area contributed by atoms with Gasteiger partial charge in [-0.15, -0.1) is 0 Å². The molecular weight excluding hydrogens is 280 g/mol. The first-order valence-electron chi connectivity index (χ1n) is 5.67. The quantitative estimate of drug-likeness (QED) is 0.936. The maximum atomic E-state index is 5.38. The van der Waals surface area contributed by atoms with Gasteiger partial charge in [0.1, 0.15) is 11.6 Å². The SMILES string of the molecule is COc1cc(Br)ccc1-c1ncc(C2CC2)[nH]1. The van der Waals surface area contributed by atoms with Crippen LogP contribution in [0.3, 0.4) is 0 Å². The summed E-state index contributed by atoms with van der Waals surface area (Å²) >= 11 is 3.44. The standard InChI is InChI=1S/C13H13BrN2O/c1-17-12-6-9(14)4-5-10(12)13-15-7-11(16-13)8-2-3-8/h4-8H,2-3H2,1H3,(H,15,16). The Bertz CT molecular complexity index is 546. The van der Waals surface area contributed by atoms with Crippen LogP contribution in [0.4, 0.5) is 0 Å². The number of methoxy groups -OCH3 is 1. The monoisotopic (exact) mass is 292 g/mol. The number of benzene rings is 1. The minimum Gasteiger partial charge on any atom is -0.496 e. The first-order valence-corrected chi connectivity index (χ1v) is 6.46. The number of hydrogen-bond donors (Lipinski definition) is 1. The Labute approximate surface area is 108 Å². The highest BCUT2D eigenvalue weighted by Crippen LogP contribution is 2.40. The molecule has 1 heterocycles. The second kappa shape index (κ2) is 4.18. The van der Waals surface area contributed by atoms with E-state index in [0.29, 0.717) is 5.92 Å². The summed E-state index contributed by atoms with van der Waals surface area (Å²) in [4.78, 5) is 7.81. The van der Waals surface area contributed by atoms with Crippen molar-refractivity contribution in [3.8, 4) is 17.1 Å². The number of imidazole rings is 1. The van der Waals surface area contributed by atoms with E-state index in [1.165, 1.54) is 18.5 Å². The number of aromatic nitrogens is 2. The molecule has 3 rings (SSSR count). The van der Waals surface area contributed by atoms with Crippen molar-refractivity contribution in [2.75, 3.05) is 7.11 Å². The predicted octanol–water partition coefficient (Wildman–Crippen LogP) is 3.73. The molecule has 1 aliphatic rings. The molecule has 0 amide bonds. The minimum atomic E-state index is 0.692. The number of ether oxygens (including phenoxy) is 1. The Morgan fingerprint density at radius 1 is 1.41 bits per heavy atom. The van der Waals surface area contributed by atoms with Crippen LogP contribution in [0.1, 0.15) is 24.5 Å². The van der Waals surface area contributed by atoms with Crippen LogP contribution in [0.25, 0.3) is 11.4 Å². The number of nitrogens with zero attached hydrogens (tertiary/aromatic N) is 1. The molecule has 0 aliphatic heterocycles. The molecule has 0 spiro atoms. The molecule has 1 fully saturated rings. The third kappa shape index (κ3) is 2.09. The summed E-state index contributed by atoms with van der Waals surface area (Å²) in [6, 6.07) is 5.96. The van der Waals surface area contributed by atoms with Gasteiger partial charge in [0, 0.05) is 22.3 Å². The zero-order valence-corrected chi connectivity index (χ0v) is 11.1. The molecule has 3 nitrogen and oxygen atoms in total. The second-order valence-electron chi connectivity index (χ2n) is 4.31. The molecule has 0 unspecified atom stereocenters. The maximum absolute atomic E-state index is 5.38. The van der Waals surface area contributed by atoms with Crippen molar-refractivity contribution in [3.05, 3.63) is 34.6 Å². The van der Waals surface area contributed by atoms with Crippen molar-refractivity contribution >= 4 is 15.9 Å². The molecular formula is C13H13BrN2O. The molecule has 1 aromatic carbocycles. The smallest absolute Gasteiger partial charge is 0.141 e. The lowest BCUT2D eigenvalue weighted by molar-refractivity contribution is 0.416. The normalized spacial score (nSPS) is 14.9. The van der Waals surface area contributed by atoms with Crippen molar-refractivity contribution in [2.45, 2.75) is 18.8 Å². The van der Waals surface area contributed by atoms with Gasteiger partial charge in [0.2, 0.25) is 0 Å². The van der Waals surface area contributed by atoms with Crippen molar-refractivity contribution in [1.82, 2.24) is 9.97 Å². The number of H-pyrrole nitrogens is 1. The molecule has 1 N–H and O–H groups in total. The van der Waals surface area contributed by atoms with Crippen LogP contribution in [0.15, 0.2) is 28.9 Å². The first kappa shape index (κ1) is 10.8. The van der Waals surface area contributed by atoms with Crippen LogP contribution >= 0.6 is 15.9 Å². The summed E-state index contributed by atoms with van der Waals surface area (Å²) in [5.41, 5.74) is 2.24. The van der Waals surface area contributed by atoms with Gasteiger partial charge in [0.15, 0.2) is 0 Å². The van der Waals surface area contributed by atoms with E-state index in [1.54, 1.807) is 7.11 Å². The van der Waals surface area contributed by atoms with Gasteiger partial charge in [-0.2, -0.15) is 0 Å². The van der Waals surface area contributed by atoms with E-state index in [9.17, 15) is 0 Å². The van der Waals surface area contributed by atoms with Crippen LogP contribution in [-0.2, 0) is 0 Å². The third-order valence-corrected chi connectivity index (χ3v) is 3.52. The molecule has 0 radical (unpaired) electrons. The second-order valence-corrected chi connectivity index (χ2v) is 5.22. The van der Waals surface area contributed by atoms with E-state index in [1.807, 2.05) is 24.4 Å². The van der Waals surface area contributed by atoms with Crippen LogP contribution in [-0.4, -0.2) is 17.1 Å². The molecule has 17 heavy (non-hydrogen) atoms. The largest absolute Gasteiger partial charge is 0.496 e. The Morgan fingerprint density at radius 2 is 2.24 bits per heavy atom. The van der Waals surface area contributed by atoms with Crippen LogP contribution in [0.2, 0.25) is 0 Å². The van der Waals surface area contributed by atoms with Crippen LogP contribution < -0.4 is 4.74 Å². The van der Waals surface area contributed by atoms with E-state index < -0.39 is 0 Å². The number of nitrogens with one attached hydrogen (secondary N) is 1. The van der Waals surface area contributed by atoms with Gasteiger partial charge in [-0.05, 0) is 31.0 Å². The van der Waals surface area contributed by atoms with Crippen molar-refractivity contribution in [3.63, 3.8) is 0 Å². The number of halogens is 1. The Balaban J connectivity index is 2.01. The van der Waals surface area contributed by atoms with Crippen LogP contribution in [0.5, 0.6) is 5.75 Å². The van der Waals surface area contributed by atoms with Gasteiger partial charge in [-0.25, -0.2) is 4.98 Å². The molecule has 1 saturated carbocycles. The van der Waals surface area contributed by atoms with Crippen LogP contribution in [0, 0.1) is 0 Å². The van der Waals surface area contributed by atoms with Gasteiger partial charge in [-0.3, -0.25) is 0 Å². The summed E-state index contributed by atoms with van der Waals surface area (Å²) in [5.74, 6) is 2.41. The van der Waals surface area contributed by atoms with Gasteiger partial charge < -0.3 is 9.72 Å². The zero-order valence-electron chi connectivity index (χ0n) is 9.53. The van der Waals surface area contributed by atoms with Gasteiger partial charge in [0.25, 0.3) is 0 Å². The minimum absolute atomic E-state index is 0.692. The van der Waals surface area contributed by atoms with E-state index in [2.05, 4.69) is 25.9 Å². The van der Waals surface area contributed by atoms with E-state index >= 15 is 0 Å². The number of rotatable bonds is 3. The maximum Gasteiger partial charge on any atom is 0.141 e. The summed E-state index contributed by atoms with van der Waals surface area (Å²) in [6.45, 7) is 0. The lowest BCUT2D eigenvalue weighted by atomic mass is 10.2. The van der Waals surface area contributed by atoms with E-state index in [4.69, 9.17) is 4.74 Å². The summed E-state index contributed by atoms with van der Waals surface area (Å²) in [6.07, 6.45) is 4.49. The van der Waals surface area contributed by atoms with E-state index in [0.717, 1.165) is 21.6 Å². The number of aromatic amines is 1. The fourth-order valence-corrected chi connectivity index (χ4v) is 2.27. The van der Waals surface area contributed by atoms with Gasteiger partial charge in [-0.1, -0.05) is 15.9 Å². The molecule has 1 aromatic heterocycles.